The molecule has 2 aromatic carbocycles. The number of hydrogen-bond donors (Lipinski definition) is 2. The highest BCUT2D eigenvalue weighted by Gasteiger charge is 2.40. The molecule has 0 saturated heterocycles. The fraction of sp³-hybridized carbons (Fsp3) is 0.348. The first-order chi connectivity index (χ1) is 29.1. The van der Waals surface area contributed by atoms with E-state index in [4.69, 9.17) is 28.2 Å². The Morgan fingerprint density at radius 1 is 0.707 bits per heavy atom. The molecule has 1 amide bonds. The molecule has 1 unspecified atom stereocenters. The van der Waals surface area contributed by atoms with Gasteiger partial charge in [-0.25, -0.2) is 9.59 Å². The van der Waals surface area contributed by atoms with Crippen LogP contribution in [0, 0.1) is 5.41 Å². The lowest BCUT2D eigenvalue weighted by Crippen LogP contribution is -2.49. The maximum atomic E-state index is 13.6. The molecule has 12 heteroatoms. The van der Waals surface area contributed by atoms with Crippen LogP contribution in [0.4, 0.5) is 0 Å². The summed E-state index contributed by atoms with van der Waals surface area (Å²) < 4.78 is 43.2. The van der Waals surface area contributed by atoms with Crippen LogP contribution in [0.5, 0.6) is 11.5 Å². The highest BCUT2D eigenvalue weighted by atomic mass is 16.6. The van der Waals surface area contributed by atoms with Crippen LogP contribution >= 0.6 is 0 Å². The number of benzene rings is 2. The maximum absolute atomic E-state index is 13.6. The Kier molecular flexibility index (Phi) is 20.2. The molecule has 0 heterocycles. The molecule has 12 nitrogen and oxygen atoms in total. The molecule has 0 saturated carbocycles. The number of carbonyl (C=O) groups is 6. The van der Waals surface area contributed by atoms with Gasteiger partial charge in [-0.1, -0.05) is 118 Å². The van der Waals surface area contributed by atoms with Crippen LogP contribution in [0.1, 0.15) is 104 Å². The van der Waals surface area contributed by atoms with Crippen molar-refractivity contribution in [2.45, 2.75) is 85.1 Å². The number of nitrogens with one attached hydrogen (secondary N) is 1. The van der Waals surface area contributed by atoms with Gasteiger partial charge >= 0.3 is 29.8 Å². The van der Waals surface area contributed by atoms with Gasteiger partial charge in [-0.15, -0.1) is 0 Å². The summed E-state index contributed by atoms with van der Waals surface area (Å²) in [5.41, 5.74) is -1.98. The summed E-state index contributed by atoms with van der Waals surface area (Å²) in [5.74, 6) is -7.19. The molecule has 0 aromatic heterocycles. The van der Waals surface area contributed by atoms with Crippen molar-refractivity contribution >= 4 is 35.8 Å². The van der Waals surface area contributed by atoms with Gasteiger partial charge in [0.25, 0.3) is 5.91 Å². The molecule has 2 N–H and O–H groups in total. The fourth-order valence-corrected chi connectivity index (χ4v) is 4.93. The molecule has 0 aliphatic rings. The molecular formula is C46H55NO11. The number of amides is 1. The zero-order chi connectivity index (χ0) is 45.1. The number of carboxylic acid groups (broad SMARTS) is 1. The number of aliphatic carboxylic acids is 1. The number of hydrogen-bond acceptors (Lipinski definition) is 10. The van der Waals surface area contributed by atoms with E-state index in [0.717, 1.165) is 32.1 Å². The Bertz CT molecular complexity index is 1960. The van der Waals surface area contributed by atoms with Crippen molar-refractivity contribution in [1.82, 2.24) is 5.32 Å². The molecular weight excluding hydrogens is 743 g/mol. The third kappa shape index (κ3) is 19.5. The molecule has 0 fully saturated rings. The highest BCUT2D eigenvalue weighted by Crippen LogP contribution is 2.29. The molecule has 1 atom stereocenters. The fourth-order valence-electron chi connectivity index (χ4n) is 4.93. The van der Waals surface area contributed by atoms with E-state index in [1.807, 2.05) is 18.2 Å². The summed E-state index contributed by atoms with van der Waals surface area (Å²) in [4.78, 5) is 76.0. The van der Waals surface area contributed by atoms with Gasteiger partial charge < -0.3 is 29.4 Å². The minimum absolute atomic E-state index is 0.0622. The van der Waals surface area contributed by atoms with Crippen molar-refractivity contribution in [3.8, 4) is 11.5 Å². The van der Waals surface area contributed by atoms with Gasteiger partial charge in [0.2, 0.25) is 0 Å². The van der Waals surface area contributed by atoms with Crippen LogP contribution in [-0.4, -0.2) is 60.1 Å². The van der Waals surface area contributed by atoms with E-state index in [-0.39, 0.29) is 36.4 Å². The number of ether oxygens (including phenoxy) is 4. The van der Waals surface area contributed by atoms with E-state index in [2.05, 4.69) is 60.8 Å². The molecule has 2 rings (SSSR count). The van der Waals surface area contributed by atoms with E-state index in [1.54, 1.807) is 6.08 Å². The maximum Gasteiger partial charge on any atom is 0.347 e. The number of rotatable bonds is 25. The lowest BCUT2D eigenvalue weighted by Gasteiger charge is -2.32. The molecule has 0 aliphatic carbocycles. The molecule has 0 bridgehead atoms. The topological polar surface area (TPSA) is 172 Å². The molecule has 310 valence electrons. The highest BCUT2D eigenvalue weighted by molar-refractivity contribution is 5.99. The normalized spacial score (nSPS) is 13.5. The van der Waals surface area contributed by atoms with Gasteiger partial charge in [-0.05, 0) is 62.8 Å². The Balaban J connectivity index is 2.02. The second-order valence-electron chi connectivity index (χ2n) is 13.3. The lowest BCUT2D eigenvalue weighted by molar-refractivity contribution is -0.153. The van der Waals surface area contributed by atoms with Gasteiger partial charge in [0.15, 0.2) is 6.10 Å². The number of allylic oxidation sites excluding steroid dienone is 11. The summed E-state index contributed by atoms with van der Waals surface area (Å²) in [6.45, 7) is 1.36. The second kappa shape index (κ2) is 27.3. The molecule has 2 aromatic rings. The first-order valence-electron chi connectivity index (χ1n) is 20.4. The Morgan fingerprint density at radius 2 is 1.19 bits per heavy atom. The third-order valence-corrected chi connectivity index (χ3v) is 7.92. The minimum atomic E-state index is -3.11. The van der Waals surface area contributed by atoms with Crippen LogP contribution in [-0.2, 0) is 28.7 Å². The zero-order valence-electron chi connectivity index (χ0n) is 36.2. The summed E-state index contributed by atoms with van der Waals surface area (Å²) in [6.07, 6.45) is 27.6. The summed E-state index contributed by atoms with van der Waals surface area (Å²) in [5, 5.41) is 11.5. The van der Waals surface area contributed by atoms with E-state index in [0.29, 0.717) is 6.42 Å². The van der Waals surface area contributed by atoms with Crippen LogP contribution in [0.15, 0.2) is 121 Å². The first kappa shape index (κ1) is 42.8. The number of carboxylic acids is 1. The van der Waals surface area contributed by atoms with Gasteiger partial charge in [0.1, 0.15) is 29.2 Å². The van der Waals surface area contributed by atoms with Crippen LogP contribution in [0.25, 0.3) is 0 Å². The van der Waals surface area contributed by atoms with E-state index >= 15 is 0 Å². The molecule has 58 heavy (non-hydrogen) atoms. The first-order valence-corrected chi connectivity index (χ1v) is 18.9. The standard InChI is InChI=1S/C46H55NO11/c1-5-6-7-8-9-10-11-12-13-14-15-16-17-18-19-20-21-22-31-41(51)55-34-46(3,4)42(43(52)47-33-32-40(49)50)58-45(54)37-28-24-26-30-39(37)57-44(53)36-27-23-25-29-38(36)56-35(2)48/h6-7,9-10,12-13,15-16,18-19,21-30,42H,5,8,11,14,17,20,31-34H2,1-4H3,(H,47,52)(H,49,50)/b7-6-,10-9-,13-12-,16-15-,19-18-,22-21-/i2D3. The predicted molar refractivity (Wildman–Crippen MR) is 221 cm³/mol. The average molecular weight is 801 g/mol. The molecule has 0 radical (unpaired) electrons. The van der Waals surface area contributed by atoms with Crippen molar-refractivity contribution in [1.29, 1.82) is 0 Å². The number of carbonyl (C=O) groups excluding carboxylic acids is 5. The monoisotopic (exact) mass is 800 g/mol. The average Bonchev–Trinajstić information content (AvgIpc) is 3.21. The largest absolute Gasteiger partial charge is 0.481 e. The van der Waals surface area contributed by atoms with Crippen molar-refractivity contribution in [2.75, 3.05) is 13.2 Å². The van der Waals surface area contributed by atoms with E-state index in [9.17, 15) is 28.8 Å². The van der Waals surface area contributed by atoms with Crippen molar-refractivity contribution in [2.24, 2.45) is 5.41 Å². The summed E-state index contributed by atoms with van der Waals surface area (Å²) in [7, 11) is 0. The predicted octanol–water partition coefficient (Wildman–Crippen LogP) is 8.60. The van der Waals surface area contributed by atoms with Gasteiger partial charge in [-0.2, -0.15) is 0 Å². The zero-order valence-corrected chi connectivity index (χ0v) is 33.2. The number of esters is 4. The van der Waals surface area contributed by atoms with E-state index in [1.165, 1.54) is 62.4 Å². The SMILES string of the molecule is [2H]C([2H])([2H])C(=O)Oc1ccccc1C(=O)Oc1ccccc1C(=O)OC(C(=O)NCCC(=O)O)C(C)(C)COC(=O)C/C=C\C/C=C\C/C=C\C/C=C\C/C=C\C/C=C\CC. The van der Waals surface area contributed by atoms with Gasteiger partial charge in [0, 0.05) is 22.9 Å². The van der Waals surface area contributed by atoms with Crippen molar-refractivity contribution in [3.63, 3.8) is 0 Å². The Labute approximate surface area is 345 Å². The van der Waals surface area contributed by atoms with Crippen LogP contribution in [0.3, 0.4) is 0 Å². The second-order valence-corrected chi connectivity index (χ2v) is 13.3. The molecule has 0 aliphatic heterocycles. The van der Waals surface area contributed by atoms with Crippen LogP contribution < -0.4 is 14.8 Å². The van der Waals surface area contributed by atoms with Crippen LogP contribution in [0.2, 0.25) is 0 Å². The smallest absolute Gasteiger partial charge is 0.347 e. The summed E-state index contributed by atoms with van der Waals surface area (Å²) in [6, 6.07) is 10.6. The Morgan fingerprint density at radius 3 is 1.71 bits per heavy atom. The van der Waals surface area contributed by atoms with Gasteiger partial charge in [0.05, 0.1) is 12.8 Å². The van der Waals surface area contributed by atoms with Crippen molar-refractivity contribution < 1.29 is 56.9 Å². The minimum Gasteiger partial charge on any atom is -0.481 e. The van der Waals surface area contributed by atoms with E-state index < -0.39 is 66.3 Å². The van der Waals surface area contributed by atoms with Gasteiger partial charge in [-0.3, -0.25) is 19.2 Å². The lowest BCUT2D eigenvalue weighted by atomic mass is 9.86. The summed E-state index contributed by atoms with van der Waals surface area (Å²) >= 11 is 0. The Hall–Kier alpha value is -6.30. The number of para-hydroxylation sites is 2. The quantitative estimate of drug-likeness (QED) is 0.0560. The third-order valence-electron chi connectivity index (χ3n) is 7.92. The molecule has 0 spiro atoms. The van der Waals surface area contributed by atoms with Crippen molar-refractivity contribution in [3.05, 3.63) is 133 Å².